The summed E-state index contributed by atoms with van der Waals surface area (Å²) in [6.07, 6.45) is 11.7. The van der Waals surface area contributed by atoms with Crippen molar-refractivity contribution in [3.8, 4) is 0 Å². The van der Waals surface area contributed by atoms with Crippen LogP contribution in [0, 0.1) is 12.3 Å². The fourth-order valence-electron chi connectivity index (χ4n) is 4.72. The number of piperidine rings is 2. The molecule has 2 saturated heterocycles. The number of hydrogen-bond acceptors (Lipinski definition) is 3. The van der Waals surface area contributed by atoms with Crippen molar-refractivity contribution in [1.29, 1.82) is 0 Å². The molecule has 0 aromatic carbocycles. The maximum absolute atomic E-state index is 12.9. The molecule has 1 saturated carbocycles. The average Bonchev–Trinajstić information content (AvgIpc) is 2.56. The molecular weight excluding hydrogens is 278 g/mol. The van der Waals surface area contributed by atoms with Crippen molar-refractivity contribution in [2.75, 3.05) is 19.6 Å². The molecule has 2 aliphatic heterocycles. The Kier molecular flexibility index (Phi) is 4.83. The third-order valence-corrected chi connectivity index (χ3v) is 5.96. The molecule has 1 atom stereocenters. The highest BCUT2D eigenvalue weighted by Gasteiger charge is 2.51. The Balaban J connectivity index is 1.79. The van der Waals surface area contributed by atoms with Crippen molar-refractivity contribution < 1.29 is 14.2 Å². The monoisotopic (exact) mass is 307 g/mol. The summed E-state index contributed by atoms with van der Waals surface area (Å²) < 4.78 is 0.547. The summed E-state index contributed by atoms with van der Waals surface area (Å²) >= 11 is 0. The highest BCUT2D eigenvalue weighted by molar-refractivity contribution is 5.79. The molecule has 3 fully saturated rings. The van der Waals surface area contributed by atoms with Gasteiger partial charge in [0, 0.05) is 31.8 Å². The molecule has 0 aromatic rings. The predicted molar refractivity (Wildman–Crippen MR) is 84.0 cm³/mol. The number of primary amides is 1. The van der Waals surface area contributed by atoms with Crippen LogP contribution in [0.2, 0.25) is 0 Å². The van der Waals surface area contributed by atoms with Gasteiger partial charge in [0.25, 0.3) is 0 Å². The third-order valence-electron chi connectivity index (χ3n) is 5.96. The lowest BCUT2D eigenvalue weighted by molar-refractivity contribution is -0.992. The number of rotatable bonds is 3. The predicted octanol–water partition coefficient (Wildman–Crippen LogP) is 1.77. The molecule has 0 aromatic heterocycles. The number of likely N-dealkylation sites (tertiary alicyclic amines) is 1. The maximum atomic E-state index is 12.9. The van der Waals surface area contributed by atoms with Crippen LogP contribution in [0.5, 0.6) is 0 Å². The lowest BCUT2D eigenvalue weighted by atomic mass is 9.90. The molecule has 2 heterocycles. The van der Waals surface area contributed by atoms with Gasteiger partial charge in [-0.2, -0.15) is 4.59 Å². The van der Waals surface area contributed by atoms with Gasteiger partial charge in [-0.25, -0.2) is 4.79 Å². The number of amides is 2. The minimum absolute atomic E-state index is 0.00784. The molecule has 123 valence electrons. The zero-order valence-corrected chi connectivity index (χ0v) is 13.5. The summed E-state index contributed by atoms with van der Waals surface area (Å²) in [6, 6.07) is 0.447. The average molecular weight is 307 g/mol. The molecule has 22 heavy (non-hydrogen) atoms. The first kappa shape index (κ1) is 15.9. The molecule has 3 rings (SSSR count). The number of quaternary nitrogens is 1. The number of carbonyl (C=O) groups is 2. The van der Waals surface area contributed by atoms with E-state index in [-0.39, 0.29) is 11.8 Å². The van der Waals surface area contributed by atoms with Gasteiger partial charge in [-0.15, -0.1) is 5.01 Å². The molecule has 3 aliphatic rings. The summed E-state index contributed by atoms with van der Waals surface area (Å²) in [5.74, 6) is 0.114. The van der Waals surface area contributed by atoms with E-state index in [0.29, 0.717) is 16.5 Å². The maximum Gasteiger partial charge on any atom is 0.337 e. The Bertz CT molecular complexity index is 426. The number of nitrogens with two attached hydrogens (primary N) is 1. The van der Waals surface area contributed by atoms with E-state index in [4.69, 9.17) is 5.73 Å². The Morgan fingerprint density at radius 2 is 1.77 bits per heavy atom. The molecule has 5 nitrogen and oxygen atoms in total. The van der Waals surface area contributed by atoms with Gasteiger partial charge >= 0.3 is 5.91 Å². The summed E-state index contributed by atoms with van der Waals surface area (Å²) in [6.45, 7) is 2.59. The normalized spacial score (nSPS) is 33.0. The summed E-state index contributed by atoms with van der Waals surface area (Å²) in [4.78, 5) is 24.3. The van der Waals surface area contributed by atoms with Crippen molar-refractivity contribution in [2.45, 2.75) is 63.8 Å². The second-order valence-corrected chi connectivity index (χ2v) is 7.16. The summed E-state index contributed by atoms with van der Waals surface area (Å²) in [5, 5.41) is 2.37. The minimum atomic E-state index is -0.180. The van der Waals surface area contributed by atoms with Crippen LogP contribution in [0.25, 0.3) is 0 Å². The second kappa shape index (κ2) is 6.67. The first-order valence-corrected chi connectivity index (χ1v) is 8.95. The SMILES string of the molecule is NC(=O)C1CCN([N+]2(C3CCCCC3)CCC[CH]C2=O)CC1. The van der Waals surface area contributed by atoms with Crippen LogP contribution in [-0.2, 0) is 9.59 Å². The Labute approximate surface area is 133 Å². The lowest BCUT2D eigenvalue weighted by Gasteiger charge is -2.52. The van der Waals surface area contributed by atoms with Crippen LogP contribution in [0.15, 0.2) is 0 Å². The fraction of sp³-hybridized carbons (Fsp3) is 0.824. The topological polar surface area (TPSA) is 63.4 Å². The van der Waals surface area contributed by atoms with Crippen LogP contribution in [-0.4, -0.2) is 47.1 Å². The Morgan fingerprint density at radius 3 is 2.36 bits per heavy atom. The van der Waals surface area contributed by atoms with Crippen molar-refractivity contribution in [1.82, 2.24) is 5.01 Å². The van der Waals surface area contributed by atoms with Crippen molar-refractivity contribution in [3.63, 3.8) is 0 Å². The third kappa shape index (κ3) is 2.81. The van der Waals surface area contributed by atoms with E-state index in [1.165, 1.54) is 19.3 Å². The van der Waals surface area contributed by atoms with Crippen molar-refractivity contribution >= 4 is 11.8 Å². The van der Waals surface area contributed by atoms with E-state index >= 15 is 0 Å². The molecule has 1 aliphatic carbocycles. The molecule has 2 amide bonds. The van der Waals surface area contributed by atoms with Gasteiger partial charge in [-0.1, -0.05) is 6.42 Å². The van der Waals surface area contributed by atoms with E-state index in [9.17, 15) is 9.59 Å². The second-order valence-electron chi connectivity index (χ2n) is 7.16. The molecule has 1 unspecified atom stereocenters. The van der Waals surface area contributed by atoms with E-state index in [1.54, 1.807) is 0 Å². The van der Waals surface area contributed by atoms with Crippen LogP contribution < -0.4 is 5.73 Å². The van der Waals surface area contributed by atoms with E-state index < -0.39 is 0 Å². The summed E-state index contributed by atoms with van der Waals surface area (Å²) in [7, 11) is 0. The number of carbonyl (C=O) groups excluding carboxylic acids is 2. The van der Waals surface area contributed by atoms with Crippen molar-refractivity contribution in [3.05, 3.63) is 6.42 Å². The highest BCUT2D eigenvalue weighted by atomic mass is 16.2. The fourth-order valence-corrected chi connectivity index (χ4v) is 4.72. The van der Waals surface area contributed by atoms with Gasteiger partial charge in [-0.3, -0.25) is 4.79 Å². The van der Waals surface area contributed by atoms with E-state index in [0.717, 1.165) is 58.2 Å². The Morgan fingerprint density at radius 1 is 1.09 bits per heavy atom. The van der Waals surface area contributed by atoms with Gasteiger partial charge in [0.2, 0.25) is 5.91 Å². The quantitative estimate of drug-likeness (QED) is 0.808. The molecule has 0 bridgehead atoms. The van der Waals surface area contributed by atoms with E-state index in [1.807, 2.05) is 6.42 Å². The highest BCUT2D eigenvalue weighted by Crippen LogP contribution is 2.36. The standard InChI is InChI=1S/C17H28N3O2/c18-17(22)14-9-11-19(12-10-14)20(13-5-4-8-16(20)21)15-6-2-1-3-7-15/h8,14-15H,1-7,9-13H2,(H-,18,22)/p+1. The van der Waals surface area contributed by atoms with Crippen LogP contribution in [0.1, 0.15) is 57.8 Å². The molecule has 1 radical (unpaired) electrons. The minimum Gasteiger partial charge on any atom is -0.369 e. The number of nitrogens with zero attached hydrogens (tertiary/aromatic N) is 2. The zero-order valence-electron chi connectivity index (χ0n) is 13.5. The van der Waals surface area contributed by atoms with Crippen LogP contribution in [0.4, 0.5) is 0 Å². The van der Waals surface area contributed by atoms with Gasteiger partial charge in [0.15, 0.2) is 0 Å². The van der Waals surface area contributed by atoms with Gasteiger partial charge in [0.05, 0.1) is 6.42 Å². The van der Waals surface area contributed by atoms with Gasteiger partial charge in [-0.05, 0) is 38.5 Å². The first-order valence-electron chi connectivity index (χ1n) is 8.95. The molecule has 2 N–H and O–H groups in total. The first-order chi connectivity index (χ1) is 10.6. The van der Waals surface area contributed by atoms with Gasteiger partial charge in [0.1, 0.15) is 12.6 Å². The Hall–Kier alpha value is -0.940. The molecule has 0 spiro atoms. The molecule has 5 heteroatoms. The molecular formula is C17H29N3O2+. The largest absolute Gasteiger partial charge is 0.369 e. The zero-order chi connectivity index (χ0) is 15.6. The van der Waals surface area contributed by atoms with Gasteiger partial charge < -0.3 is 5.73 Å². The van der Waals surface area contributed by atoms with Crippen molar-refractivity contribution in [2.24, 2.45) is 11.7 Å². The summed E-state index contributed by atoms with van der Waals surface area (Å²) in [5.41, 5.74) is 5.46. The van der Waals surface area contributed by atoms with Crippen LogP contribution in [0.3, 0.4) is 0 Å². The smallest absolute Gasteiger partial charge is 0.337 e. The van der Waals surface area contributed by atoms with Crippen LogP contribution >= 0.6 is 0 Å². The van der Waals surface area contributed by atoms with E-state index in [2.05, 4.69) is 5.01 Å². The lowest BCUT2D eigenvalue weighted by Crippen LogP contribution is -2.71. The number of hydrogen-bond donors (Lipinski definition) is 1.